The van der Waals surface area contributed by atoms with E-state index in [0.717, 1.165) is 37.3 Å². The molecule has 0 aromatic carbocycles. The average molecular weight is 326 g/mol. The predicted molar refractivity (Wildman–Crippen MR) is 91.5 cm³/mol. The number of urea groups is 1. The lowest BCUT2D eigenvalue weighted by molar-refractivity contribution is 0.200. The number of hydrogen-bond donors (Lipinski definition) is 1. The molecule has 24 heavy (non-hydrogen) atoms. The van der Waals surface area contributed by atoms with E-state index in [1.54, 1.807) is 42.9 Å². The average Bonchev–Trinajstić information content (AvgIpc) is 2.63. The highest BCUT2D eigenvalue weighted by atomic mass is 16.2. The lowest BCUT2D eigenvalue weighted by atomic mass is 10.1. The Morgan fingerprint density at radius 1 is 1.33 bits per heavy atom. The van der Waals surface area contributed by atoms with Crippen LogP contribution in [0.25, 0.3) is 0 Å². The van der Waals surface area contributed by atoms with E-state index < -0.39 is 0 Å². The molecule has 7 heteroatoms. The smallest absolute Gasteiger partial charge is 0.317 e. The molecule has 2 aromatic rings. The van der Waals surface area contributed by atoms with Crippen LogP contribution < -0.4 is 10.2 Å². The Morgan fingerprint density at radius 2 is 2.21 bits per heavy atom. The van der Waals surface area contributed by atoms with E-state index in [9.17, 15) is 4.79 Å². The number of nitrogens with zero attached hydrogens (tertiary/aromatic N) is 5. The van der Waals surface area contributed by atoms with E-state index in [1.807, 2.05) is 12.1 Å². The first kappa shape index (κ1) is 16.2. The van der Waals surface area contributed by atoms with Crippen molar-refractivity contribution in [3.8, 4) is 0 Å². The van der Waals surface area contributed by atoms with E-state index in [4.69, 9.17) is 0 Å². The van der Waals surface area contributed by atoms with Gasteiger partial charge in [0.25, 0.3) is 0 Å². The van der Waals surface area contributed by atoms with Gasteiger partial charge in [0.1, 0.15) is 5.82 Å². The molecule has 2 aromatic heterocycles. The first-order valence-corrected chi connectivity index (χ1v) is 8.14. The summed E-state index contributed by atoms with van der Waals surface area (Å²) in [5.41, 5.74) is 1.01. The Hall–Kier alpha value is -2.70. The largest absolute Gasteiger partial charge is 0.353 e. The Labute approximate surface area is 141 Å². The third-order valence-corrected chi connectivity index (χ3v) is 4.11. The Kier molecular flexibility index (Phi) is 5.20. The number of nitrogens with one attached hydrogen (secondary N) is 1. The molecule has 1 aliphatic heterocycles. The van der Waals surface area contributed by atoms with Crippen LogP contribution in [0.2, 0.25) is 0 Å². The molecular weight excluding hydrogens is 304 g/mol. The van der Waals surface area contributed by atoms with Crippen LogP contribution in [0.3, 0.4) is 0 Å². The van der Waals surface area contributed by atoms with Crippen LogP contribution in [0, 0.1) is 0 Å². The van der Waals surface area contributed by atoms with Gasteiger partial charge in [0, 0.05) is 57.5 Å². The van der Waals surface area contributed by atoms with Crippen molar-refractivity contribution in [1.82, 2.24) is 25.2 Å². The summed E-state index contributed by atoms with van der Waals surface area (Å²) in [6.07, 6.45) is 10.6. The maximum atomic E-state index is 12.4. The van der Waals surface area contributed by atoms with Crippen molar-refractivity contribution in [1.29, 1.82) is 0 Å². The lowest BCUT2D eigenvalue weighted by Gasteiger charge is -2.34. The summed E-state index contributed by atoms with van der Waals surface area (Å²) >= 11 is 0. The van der Waals surface area contributed by atoms with Crippen LogP contribution in [0.15, 0.2) is 43.1 Å². The molecule has 126 valence electrons. The second kappa shape index (κ2) is 7.72. The van der Waals surface area contributed by atoms with Crippen molar-refractivity contribution >= 4 is 11.8 Å². The Balaban J connectivity index is 1.54. The zero-order valence-electron chi connectivity index (χ0n) is 13.8. The monoisotopic (exact) mass is 326 g/mol. The van der Waals surface area contributed by atoms with Gasteiger partial charge < -0.3 is 15.1 Å². The topological polar surface area (TPSA) is 74.2 Å². The number of carbonyl (C=O) groups is 1. The molecule has 0 bridgehead atoms. The number of anilines is 1. The van der Waals surface area contributed by atoms with Crippen molar-refractivity contribution in [3.63, 3.8) is 0 Å². The molecular formula is C17H22N6O. The molecule has 1 saturated heterocycles. The fourth-order valence-electron chi connectivity index (χ4n) is 2.88. The second-order valence-corrected chi connectivity index (χ2v) is 6.02. The number of rotatable bonds is 4. The first-order valence-electron chi connectivity index (χ1n) is 8.14. The Morgan fingerprint density at radius 3 is 2.96 bits per heavy atom. The second-order valence-electron chi connectivity index (χ2n) is 6.02. The van der Waals surface area contributed by atoms with E-state index in [2.05, 4.69) is 25.2 Å². The number of aromatic nitrogens is 3. The first-order chi connectivity index (χ1) is 11.7. The number of pyridine rings is 1. The van der Waals surface area contributed by atoms with Crippen LogP contribution in [-0.4, -0.2) is 52.1 Å². The minimum Gasteiger partial charge on any atom is -0.353 e. The van der Waals surface area contributed by atoms with E-state index in [0.29, 0.717) is 6.54 Å². The maximum Gasteiger partial charge on any atom is 0.317 e. The van der Waals surface area contributed by atoms with Crippen LogP contribution in [0.4, 0.5) is 10.6 Å². The van der Waals surface area contributed by atoms with Crippen LogP contribution in [0.1, 0.15) is 18.4 Å². The standard InChI is InChI=1S/C17H22N6O/c1-22(12-14-4-2-6-18-10-14)17(24)21-15-5-3-9-23(13-15)16-11-19-7-8-20-16/h2,4,6-8,10-11,15H,3,5,9,12-13H2,1H3,(H,21,24)/t15-/m0/s1. The van der Waals surface area contributed by atoms with E-state index in [-0.39, 0.29) is 12.1 Å². The van der Waals surface area contributed by atoms with Gasteiger partial charge in [-0.2, -0.15) is 0 Å². The van der Waals surface area contributed by atoms with E-state index >= 15 is 0 Å². The third-order valence-electron chi connectivity index (χ3n) is 4.11. The highest BCUT2D eigenvalue weighted by Crippen LogP contribution is 2.16. The summed E-state index contributed by atoms with van der Waals surface area (Å²) in [4.78, 5) is 28.8. The van der Waals surface area contributed by atoms with Crippen LogP contribution in [-0.2, 0) is 6.54 Å². The van der Waals surface area contributed by atoms with Gasteiger partial charge in [0.05, 0.1) is 6.20 Å². The van der Waals surface area contributed by atoms with E-state index in [1.165, 1.54) is 0 Å². The summed E-state index contributed by atoms with van der Waals surface area (Å²) in [5, 5.41) is 3.12. The fraction of sp³-hybridized carbons (Fsp3) is 0.412. The highest BCUT2D eigenvalue weighted by Gasteiger charge is 2.23. The minimum atomic E-state index is -0.0650. The van der Waals surface area contributed by atoms with Crippen molar-refractivity contribution in [2.24, 2.45) is 0 Å². The SMILES string of the molecule is CN(Cc1cccnc1)C(=O)N[C@H]1CCCN(c2cnccn2)C1. The molecule has 3 heterocycles. The van der Waals surface area contributed by atoms with Gasteiger partial charge in [-0.05, 0) is 24.5 Å². The van der Waals surface area contributed by atoms with Crippen LogP contribution >= 0.6 is 0 Å². The summed E-state index contributed by atoms with van der Waals surface area (Å²) in [7, 11) is 1.80. The van der Waals surface area contributed by atoms with Gasteiger partial charge in [-0.3, -0.25) is 9.97 Å². The van der Waals surface area contributed by atoms with Gasteiger partial charge in [-0.1, -0.05) is 6.07 Å². The molecule has 2 amide bonds. The molecule has 1 aliphatic rings. The zero-order chi connectivity index (χ0) is 16.8. The van der Waals surface area contributed by atoms with Crippen LogP contribution in [0.5, 0.6) is 0 Å². The molecule has 1 fully saturated rings. The number of hydrogen-bond acceptors (Lipinski definition) is 5. The minimum absolute atomic E-state index is 0.0650. The fourth-order valence-corrected chi connectivity index (χ4v) is 2.88. The number of amides is 2. The van der Waals surface area contributed by atoms with Gasteiger partial charge in [-0.25, -0.2) is 9.78 Å². The highest BCUT2D eigenvalue weighted by molar-refractivity contribution is 5.74. The van der Waals surface area contributed by atoms with Gasteiger partial charge >= 0.3 is 6.03 Å². The molecule has 0 aliphatic carbocycles. The number of carbonyl (C=O) groups excluding carboxylic acids is 1. The quantitative estimate of drug-likeness (QED) is 0.925. The summed E-state index contributed by atoms with van der Waals surface area (Å²) in [6.45, 7) is 2.24. The van der Waals surface area contributed by atoms with Gasteiger partial charge in [-0.15, -0.1) is 0 Å². The van der Waals surface area contributed by atoms with Crippen molar-refractivity contribution in [2.75, 3.05) is 25.0 Å². The third kappa shape index (κ3) is 4.18. The number of piperidine rings is 1. The van der Waals surface area contributed by atoms with Gasteiger partial charge in [0.15, 0.2) is 0 Å². The normalized spacial score (nSPS) is 17.4. The molecule has 0 spiro atoms. The summed E-state index contributed by atoms with van der Waals surface area (Å²) in [5.74, 6) is 0.861. The Bertz CT molecular complexity index is 651. The lowest BCUT2D eigenvalue weighted by Crippen LogP contribution is -2.51. The van der Waals surface area contributed by atoms with Gasteiger partial charge in [0.2, 0.25) is 0 Å². The summed E-state index contributed by atoms with van der Waals surface area (Å²) in [6, 6.07) is 3.89. The molecule has 7 nitrogen and oxygen atoms in total. The van der Waals surface area contributed by atoms with Crippen molar-refractivity contribution < 1.29 is 4.79 Å². The predicted octanol–water partition coefficient (Wildman–Crippen LogP) is 1.68. The van der Waals surface area contributed by atoms with Crippen molar-refractivity contribution in [3.05, 3.63) is 48.7 Å². The summed E-state index contributed by atoms with van der Waals surface area (Å²) < 4.78 is 0. The molecule has 3 rings (SSSR count). The zero-order valence-corrected chi connectivity index (χ0v) is 13.8. The molecule has 0 saturated carbocycles. The van der Waals surface area contributed by atoms with Crippen molar-refractivity contribution in [2.45, 2.75) is 25.4 Å². The maximum absolute atomic E-state index is 12.4. The molecule has 0 radical (unpaired) electrons. The molecule has 0 unspecified atom stereocenters. The molecule has 1 N–H and O–H groups in total. The molecule has 1 atom stereocenters.